The molecule has 0 bridgehead atoms. The van der Waals surface area contributed by atoms with Crippen molar-refractivity contribution in [1.82, 2.24) is 0 Å². The van der Waals surface area contributed by atoms with E-state index in [9.17, 15) is 25.2 Å². The van der Waals surface area contributed by atoms with Crippen molar-refractivity contribution in [2.75, 3.05) is 0 Å². The number of benzene rings is 2. The molecule has 2 aromatic rings. The molecule has 1 aliphatic rings. The summed E-state index contributed by atoms with van der Waals surface area (Å²) in [6.07, 6.45) is -6.44. The molecule has 0 saturated carbocycles. The fraction of sp³-hybridized carbons (Fsp3) is 0.409. The molecule has 1 saturated heterocycles. The molecule has 4 N–H and O–H groups in total. The van der Waals surface area contributed by atoms with Crippen molar-refractivity contribution in [2.24, 2.45) is 0 Å². The molecule has 1 fully saturated rings. The first kappa shape index (κ1) is 22.2. The highest BCUT2D eigenvalue weighted by Crippen LogP contribution is 2.27. The second-order valence-corrected chi connectivity index (χ2v) is 7.06. The Hall–Kier alpha value is -2.49. The highest BCUT2D eigenvalue weighted by atomic mass is 16.8. The van der Waals surface area contributed by atoms with Gasteiger partial charge >= 0.3 is 5.97 Å². The van der Waals surface area contributed by atoms with Crippen LogP contribution >= 0.6 is 0 Å². The van der Waals surface area contributed by atoms with Crippen LogP contribution in [0.3, 0.4) is 0 Å². The summed E-state index contributed by atoms with van der Waals surface area (Å²) >= 11 is 0. The molecular formula is C22H26O8. The summed E-state index contributed by atoms with van der Waals surface area (Å²) in [5.74, 6) is -0.367. The number of carbonyl (C=O) groups is 1. The lowest BCUT2D eigenvalue weighted by Gasteiger charge is -2.39. The molecule has 5 atom stereocenters. The number of aryl methyl sites for hydroxylation is 1. The van der Waals surface area contributed by atoms with Crippen LogP contribution < -0.4 is 4.74 Å². The van der Waals surface area contributed by atoms with E-state index in [0.29, 0.717) is 18.4 Å². The van der Waals surface area contributed by atoms with Gasteiger partial charge in [-0.25, -0.2) is 0 Å². The summed E-state index contributed by atoms with van der Waals surface area (Å²) in [6.45, 7) is -0.302. The van der Waals surface area contributed by atoms with E-state index in [4.69, 9.17) is 14.2 Å². The van der Waals surface area contributed by atoms with Crippen LogP contribution in [0.5, 0.6) is 5.75 Å². The van der Waals surface area contributed by atoms with E-state index >= 15 is 0 Å². The van der Waals surface area contributed by atoms with Gasteiger partial charge in [-0.3, -0.25) is 9.53 Å². The van der Waals surface area contributed by atoms with Crippen LogP contribution in [0.4, 0.5) is 0 Å². The second-order valence-electron chi connectivity index (χ2n) is 7.06. The third-order valence-electron chi connectivity index (χ3n) is 4.85. The monoisotopic (exact) mass is 418 g/mol. The lowest BCUT2D eigenvalue weighted by molar-refractivity contribution is -0.324. The molecule has 3 rings (SSSR count). The molecule has 0 spiro atoms. The van der Waals surface area contributed by atoms with Gasteiger partial charge in [0.25, 0.3) is 0 Å². The molecule has 0 aromatic heterocycles. The molecule has 8 nitrogen and oxygen atoms in total. The Morgan fingerprint density at radius 1 is 0.900 bits per heavy atom. The molecule has 8 heteroatoms. The Bertz CT molecular complexity index is 812. The van der Waals surface area contributed by atoms with Crippen LogP contribution in [0.2, 0.25) is 0 Å². The summed E-state index contributed by atoms with van der Waals surface area (Å²) in [4.78, 5) is 12.2. The molecule has 1 aliphatic heterocycles. The van der Waals surface area contributed by atoms with E-state index in [1.807, 2.05) is 30.3 Å². The minimum Gasteiger partial charge on any atom is -0.461 e. The smallest absolute Gasteiger partial charge is 0.308 e. The number of carbonyl (C=O) groups excluding carboxylic acids is 1. The summed E-state index contributed by atoms with van der Waals surface area (Å²) in [5.41, 5.74) is 1.54. The van der Waals surface area contributed by atoms with Crippen LogP contribution in [-0.2, 0) is 27.3 Å². The zero-order valence-electron chi connectivity index (χ0n) is 16.3. The van der Waals surface area contributed by atoms with E-state index < -0.39 is 36.9 Å². The van der Waals surface area contributed by atoms with E-state index in [2.05, 4.69) is 0 Å². The van der Waals surface area contributed by atoms with Gasteiger partial charge in [0.2, 0.25) is 12.6 Å². The normalized spacial score (nSPS) is 26.2. The molecule has 162 valence electrons. The molecule has 1 heterocycles. The lowest BCUT2D eigenvalue weighted by atomic mass is 10.0. The number of hydrogen-bond acceptors (Lipinski definition) is 8. The minimum atomic E-state index is -1.65. The van der Waals surface area contributed by atoms with Gasteiger partial charge in [0.15, 0.2) is 0 Å². The van der Waals surface area contributed by atoms with Crippen LogP contribution in [0.1, 0.15) is 24.0 Å². The van der Waals surface area contributed by atoms with Crippen molar-refractivity contribution in [1.29, 1.82) is 0 Å². The van der Waals surface area contributed by atoms with Crippen LogP contribution in [0, 0.1) is 0 Å². The minimum absolute atomic E-state index is 0.0962. The predicted molar refractivity (Wildman–Crippen MR) is 105 cm³/mol. The van der Waals surface area contributed by atoms with E-state index in [1.165, 1.54) is 0 Å². The molecule has 0 amide bonds. The Kier molecular flexibility index (Phi) is 7.78. The van der Waals surface area contributed by atoms with Gasteiger partial charge in [0.05, 0.1) is 6.61 Å². The van der Waals surface area contributed by atoms with Gasteiger partial charge in [0, 0.05) is 12.0 Å². The summed E-state index contributed by atoms with van der Waals surface area (Å²) in [5, 5.41) is 39.9. The number of aliphatic hydroxyl groups excluding tert-OH is 4. The Morgan fingerprint density at radius 2 is 1.57 bits per heavy atom. The first-order chi connectivity index (χ1) is 14.5. The maximum atomic E-state index is 12.2. The van der Waals surface area contributed by atoms with Gasteiger partial charge in [-0.15, -0.1) is 0 Å². The van der Waals surface area contributed by atoms with Gasteiger partial charge in [-0.2, -0.15) is 0 Å². The SMILES string of the molecule is O=C(CCCc1ccccc1)O[C@H]1O[C@@H](Oc2ccccc2CO)[C@H](O)[C@@H](O)[C@@H]1O. The van der Waals surface area contributed by atoms with Crippen molar-refractivity contribution in [3.05, 3.63) is 65.7 Å². The van der Waals surface area contributed by atoms with Crippen molar-refractivity contribution in [3.63, 3.8) is 0 Å². The Morgan fingerprint density at radius 3 is 2.30 bits per heavy atom. The van der Waals surface area contributed by atoms with E-state index in [1.54, 1.807) is 24.3 Å². The first-order valence-electron chi connectivity index (χ1n) is 9.78. The number of aliphatic hydroxyl groups is 4. The van der Waals surface area contributed by atoms with Gasteiger partial charge < -0.3 is 29.9 Å². The van der Waals surface area contributed by atoms with Gasteiger partial charge in [-0.1, -0.05) is 48.5 Å². The molecule has 0 aliphatic carbocycles. The highest BCUT2D eigenvalue weighted by Gasteiger charge is 2.47. The van der Waals surface area contributed by atoms with Crippen LogP contribution in [0.25, 0.3) is 0 Å². The number of rotatable bonds is 8. The third-order valence-corrected chi connectivity index (χ3v) is 4.85. The third kappa shape index (κ3) is 5.56. The highest BCUT2D eigenvalue weighted by molar-refractivity contribution is 5.69. The second kappa shape index (κ2) is 10.5. The average molecular weight is 418 g/mol. The molecule has 2 aromatic carbocycles. The maximum Gasteiger partial charge on any atom is 0.308 e. The van der Waals surface area contributed by atoms with Crippen LogP contribution in [0.15, 0.2) is 54.6 Å². The predicted octanol–water partition coefficient (Wildman–Crippen LogP) is 0.889. The van der Waals surface area contributed by atoms with E-state index in [-0.39, 0.29) is 18.8 Å². The van der Waals surface area contributed by atoms with Crippen molar-refractivity contribution >= 4 is 5.97 Å². The zero-order valence-corrected chi connectivity index (χ0v) is 16.3. The average Bonchev–Trinajstić information content (AvgIpc) is 2.76. The largest absolute Gasteiger partial charge is 0.461 e. The number of para-hydroxylation sites is 1. The summed E-state index contributed by atoms with van der Waals surface area (Å²) in [7, 11) is 0. The van der Waals surface area contributed by atoms with Crippen molar-refractivity contribution in [3.8, 4) is 5.75 Å². The quantitative estimate of drug-likeness (QED) is 0.466. The Labute approximate surface area is 174 Å². The van der Waals surface area contributed by atoms with Gasteiger partial charge in [0.1, 0.15) is 24.1 Å². The maximum absolute atomic E-state index is 12.2. The van der Waals surface area contributed by atoms with Crippen LogP contribution in [-0.4, -0.2) is 57.3 Å². The first-order valence-corrected chi connectivity index (χ1v) is 9.78. The number of hydrogen-bond donors (Lipinski definition) is 4. The van der Waals surface area contributed by atoms with Gasteiger partial charge in [-0.05, 0) is 24.5 Å². The molecule has 0 unspecified atom stereocenters. The number of esters is 1. The van der Waals surface area contributed by atoms with Crippen molar-refractivity contribution < 1.29 is 39.4 Å². The molecule has 0 radical (unpaired) electrons. The molecule has 30 heavy (non-hydrogen) atoms. The topological polar surface area (TPSA) is 126 Å². The Balaban J connectivity index is 1.57. The summed E-state index contributed by atoms with van der Waals surface area (Å²) < 4.78 is 16.2. The van der Waals surface area contributed by atoms with E-state index in [0.717, 1.165) is 5.56 Å². The fourth-order valence-corrected chi connectivity index (χ4v) is 3.16. The zero-order chi connectivity index (χ0) is 21.5. The number of ether oxygens (including phenoxy) is 3. The lowest BCUT2D eigenvalue weighted by Crippen LogP contribution is -2.60. The molecular weight excluding hydrogens is 392 g/mol. The fourth-order valence-electron chi connectivity index (χ4n) is 3.16. The standard InChI is InChI=1S/C22H26O8/c23-13-15-10-4-5-11-16(15)28-21-19(26)18(25)20(27)22(30-21)29-17(24)12-6-9-14-7-2-1-3-8-14/h1-5,7-8,10-11,18-23,25-27H,6,9,12-13H2/t18-,19-,20+,21-,22+/m1/s1. The van der Waals surface area contributed by atoms with Crippen molar-refractivity contribution in [2.45, 2.75) is 56.8 Å². The summed E-state index contributed by atoms with van der Waals surface area (Å²) in [6, 6.07) is 16.2.